The minimum absolute atomic E-state index is 0.267. The maximum absolute atomic E-state index is 11.8. The summed E-state index contributed by atoms with van der Waals surface area (Å²) in [5, 5.41) is 114. The highest BCUT2D eigenvalue weighted by molar-refractivity contribution is 7.11. The predicted octanol–water partition coefficient (Wildman–Crippen LogP) is 6.38. The van der Waals surface area contributed by atoms with E-state index >= 15 is 0 Å². The first kappa shape index (κ1) is 69.4. The molecule has 0 spiro atoms. The number of aromatic hydroxyl groups is 4. The molecule has 34 heteroatoms. The third kappa shape index (κ3) is 17.9. The summed E-state index contributed by atoms with van der Waals surface area (Å²) in [5.41, 5.74) is 8.44. The maximum Gasteiger partial charge on any atom is 0.323 e. The van der Waals surface area contributed by atoms with Crippen molar-refractivity contribution in [3.05, 3.63) is 224 Å². The second-order valence-corrected chi connectivity index (χ2v) is 23.3. The van der Waals surface area contributed by atoms with Gasteiger partial charge in [0.05, 0.1) is 44.4 Å². The summed E-state index contributed by atoms with van der Waals surface area (Å²) >= 11 is 3.07. The Kier molecular flexibility index (Phi) is 23.2. The van der Waals surface area contributed by atoms with E-state index in [0.717, 1.165) is 92.8 Å². The summed E-state index contributed by atoms with van der Waals surface area (Å²) in [5.74, 6) is -7.13. The van der Waals surface area contributed by atoms with Crippen molar-refractivity contribution in [1.82, 2.24) is 18.3 Å². The van der Waals surface area contributed by atoms with Gasteiger partial charge in [-0.1, -0.05) is 167 Å². The minimum atomic E-state index is -1.20. The summed E-state index contributed by atoms with van der Waals surface area (Å²) in [7, 11) is 0. The lowest BCUT2D eigenvalue weighted by Gasteiger charge is -2.02. The number of nitrogens with zero attached hydrogens (tertiary/aromatic N) is 12. The van der Waals surface area contributed by atoms with Crippen molar-refractivity contribution in [3.8, 4) is 23.5 Å². The maximum atomic E-state index is 11.8. The van der Waals surface area contributed by atoms with Crippen molar-refractivity contribution in [2.75, 3.05) is 0 Å². The third-order valence-corrected chi connectivity index (χ3v) is 16.3. The Bertz CT molecular complexity index is 4350. The van der Waals surface area contributed by atoms with Crippen LogP contribution in [0.15, 0.2) is 204 Å². The molecule has 96 heavy (non-hydrogen) atoms. The normalized spacial score (nSPS) is 14.8. The monoisotopic (exact) mass is 1380 g/mol. The van der Waals surface area contributed by atoms with Crippen molar-refractivity contribution in [2.45, 2.75) is 33.1 Å². The first-order chi connectivity index (χ1) is 46.0. The number of allylic oxidation sites excluding steroid dienone is 4. The van der Waals surface area contributed by atoms with E-state index in [1.807, 2.05) is 121 Å². The number of thiazole rings is 4. The predicted molar refractivity (Wildman–Crippen MR) is 363 cm³/mol. The standard InChI is InChI=1S/4C15H11N3O4S.C2H4O2/c4*19-12(20)8-18-14(21)11(23-15(18)22)6-10-7-16-17-13(10)9-4-2-1-3-5-9;1-2(3)4/h4*1-7,21H,8H2,(H,19,20);1H3,(H,3,4)/b4*10-6+;. The lowest BCUT2D eigenvalue weighted by atomic mass is 10.0. The van der Waals surface area contributed by atoms with Gasteiger partial charge in [0.1, 0.15) is 49.0 Å². The third-order valence-electron chi connectivity index (χ3n) is 12.6. The SMILES string of the molecule is CC(=O)O.O=C(O)Cn1c(O)c(/C=C2\C=NN=C2c2ccccc2)sc1=O.O=C(O)Cn1c(O)c(/C=C2\C=NN=C2c2ccccc2)sc1=O.O=C(O)Cn1c(O)c(/C=C2\C=NN=C2c2ccccc2)sc1=O.O=C(O)Cn1c(O)c(/C=C2\C=NN=C2c2ccccc2)sc1=O. The molecule has 0 unspecified atom stereocenters. The number of carbonyl (C=O) groups is 5. The molecule has 4 aromatic heterocycles. The van der Waals surface area contributed by atoms with Crippen molar-refractivity contribution < 1.29 is 69.9 Å². The molecule has 4 aliphatic rings. The molecule has 30 nitrogen and oxygen atoms in total. The van der Waals surface area contributed by atoms with Crippen molar-refractivity contribution >= 4 is 147 Å². The van der Waals surface area contributed by atoms with Crippen LogP contribution in [0.3, 0.4) is 0 Å². The van der Waals surface area contributed by atoms with Gasteiger partial charge in [-0.05, 0) is 24.3 Å². The quantitative estimate of drug-likeness (QED) is 0.0506. The first-order valence-corrected chi connectivity index (χ1v) is 30.6. The topological polar surface area (TPSA) is 454 Å². The molecule has 9 N–H and O–H groups in total. The van der Waals surface area contributed by atoms with E-state index in [9.17, 15) is 58.8 Å². The summed E-state index contributed by atoms with van der Waals surface area (Å²) in [6, 6.07) is 37.5. The molecule has 488 valence electrons. The molecule has 0 saturated carbocycles. The number of rotatable bonds is 16. The van der Waals surface area contributed by atoms with Gasteiger partial charge < -0.3 is 46.0 Å². The molecule has 0 amide bonds. The molecule has 0 fully saturated rings. The van der Waals surface area contributed by atoms with Crippen LogP contribution in [-0.4, -0.2) is 142 Å². The van der Waals surface area contributed by atoms with Crippen LogP contribution in [0.25, 0.3) is 24.3 Å². The summed E-state index contributed by atoms with van der Waals surface area (Å²) < 4.78 is 3.24. The molecule has 8 aromatic rings. The molecule has 12 rings (SSSR count). The van der Waals surface area contributed by atoms with Gasteiger partial charge in [-0.15, -0.1) is 20.4 Å². The molecule has 4 aliphatic heterocycles. The number of aromatic nitrogens is 4. The average Bonchev–Trinajstić information content (AvgIpc) is 1.73. The van der Waals surface area contributed by atoms with Gasteiger partial charge in [0, 0.05) is 51.5 Å². The van der Waals surface area contributed by atoms with Crippen molar-refractivity contribution in [2.24, 2.45) is 40.8 Å². The number of hydrogen-bond acceptors (Lipinski definition) is 25. The van der Waals surface area contributed by atoms with Crippen molar-refractivity contribution in [1.29, 1.82) is 0 Å². The first-order valence-electron chi connectivity index (χ1n) is 27.3. The van der Waals surface area contributed by atoms with Crippen LogP contribution >= 0.6 is 45.3 Å². The van der Waals surface area contributed by atoms with E-state index in [0.29, 0.717) is 45.1 Å². The zero-order valence-corrected chi connectivity index (χ0v) is 52.5. The number of carboxylic acids is 5. The number of aliphatic carboxylic acids is 5. The molecule has 0 radical (unpaired) electrons. The van der Waals surface area contributed by atoms with E-state index in [1.165, 1.54) is 24.9 Å². The molecule has 8 heterocycles. The molecular formula is C62H48N12O18S4. The van der Waals surface area contributed by atoms with E-state index in [2.05, 4.69) is 40.8 Å². The van der Waals surface area contributed by atoms with Gasteiger partial charge in [-0.2, -0.15) is 20.4 Å². The fourth-order valence-electron chi connectivity index (χ4n) is 8.47. The van der Waals surface area contributed by atoms with E-state index in [4.69, 9.17) is 30.3 Å². The van der Waals surface area contributed by atoms with Crippen LogP contribution in [0.1, 0.15) is 48.7 Å². The molecule has 0 aliphatic carbocycles. The highest BCUT2D eigenvalue weighted by Gasteiger charge is 2.23. The Balaban J connectivity index is 0.000000161. The van der Waals surface area contributed by atoms with Crippen LogP contribution in [0, 0.1) is 0 Å². The van der Waals surface area contributed by atoms with E-state index in [-0.39, 0.29) is 43.0 Å². The van der Waals surface area contributed by atoms with Crippen LogP contribution in [0.5, 0.6) is 23.5 Å². The Morgan fingerprint density at radius 1 is 0.344 bits per heavy atom. The van der Waals surface area contributed by atoms with E-state index in [1.54, 1.807) is 24.3 Å². The number of benzene rings is 4. The Labute approximate surface area is 553 Å². The Morgan fingerprint density at radius 3 is 0.688 bits per heavy atom. The lowest BCUT2D eigenvalue weighted by molar-refractivity contribution is -0.138. The number of carboxylic acid groups (broad SMARTS) is 5. The number of hydrogen-bond donors (Lipinski definition) is 9. The van der Waals surface area contributed by atoms with Gasteiger partial charge in [-0.3, -0.25) is 61.4 Å². The van der Waals surface area contributed by atoms with Crippen LogP contribution in [0.4, 0.5) is 0 Å². The summed E-state index contributed by atoms with van der Waals surface area (Å²) in [4.78, 5) is 98.0. The smallest absolute Gasteiger partial charge is 0.323 e. The fraction of sp³-hybridized carbons (Fsp3) is 0.0806. The fourth-order valence-corrected chi connectivity index (χ4v) is 11.8. The molecular weight excluding hydrogens is 1330 g/mol. The van der Waals surface area contributed by atoms with Gasteiger partial charge in [0.2, 0.25) is 23.5 Å². The Hall–Kier alpha value is -12.5. The summed E-state index contributed by atoms with van der Waals surface area (Å²) in [6.07, 6.45) is 12.4. The Morgan fingerprint density at radius 2 is 0.521 bits per heavy atom. The van der Waals surface area contributed by atoms with E-state index < -0.39 is 75.5 Å². The van der Waals surface area contributed by atoms with Gasteiger partial charge >= 0.3 is 43.4 Å². The van der Waals surface area contributed by atoms with Gasteiger partial charge in [0.25, 0.3) is 5.97 Å². The molecule has 0 saturated heterocycles. The zero-order valence-electron chi connectivity index (χ0n) is 49.2. The second kappa shape index (κ2) is 32.2. The summed E-state index contributed by atoms with van der Waals surface area (Å²) in [6.45, 7) is -1.26. The highest BCUT2D eigenvalue weighted by Crippen LogP contribution is 2.30. The molecule has 0 atom stereocenters. The largest absolute Gasteiger partial charge is 0.493 e. The van der Waals surface area contributed by atoms with Crippen LogP contribution in [0.2, 0.25) is 0 Å². The highest BCUT2D eigenvalue weighted by atomic mass is 32.1. The lowest BCUT2D eigenvalue weighted by Crippen LogP contribution is -2.18. The molecule has 4 aromatic carbocycles. The second-order valence-electron chi connectivity index (χ2n) is 19.3. The van der Waals surface area contributed by atoms with Crippen LogP contribution in [-0.2, 0) is 50.2 Å². The zero-order chi connectivity index (χ0) is 69.2. The molecule has 0 bridgehead atoms. The van der Waals surface area contributed by atoms with Gasteiger partial charge in [-0.25, -0.2) is 0 Å². The average molecular weight is 1380 g/mol. The van der Waals surface area contributed by atoms with Gasteiger partial charge in [0.15, 0.2) is 0 Å². The minimum Gasteiger partial charge on any atom is -0.493 e. The van der Waals surface area contributed by atoms with Crippen molar-refractivity contribution in [3.63, 3.8) is 0 Å². The van der Waals surface area contributed by atoms with Crippen LogP contribution < -0.4 is 19.5 Å².